The first-order chi connectivity index (χ1) is 7.76. The first-order valence-electron chi connectivity index (χ1n) is 6.10. The molecule has 0 spiro atoms. The molecule has 2 aliphatic heterocycles. The molecule has 2 heterocycles. The lowest BCUT2D eigenvalue weighted by atomic mass is 9.87. The van der Waals surface area contributed by atoms with Crippen LogP contribution in [0.5, 0.6) is 0 Å². The Morgan fingerprint density at radius 3 is 2.81 bits per heavy atom. The van der Waals surface area contributed by atoms with Crippen LogP contribution in [0.25, 0.3) is 0 Å². The van der Waals surface area contributed by atoms with Crippen LogP contribution in [0, 0.1) is 0 Å². The van der Waals surface area contributed by atoms with Crippen molar-refractivity contribution < 1.29 is 9.47 Å². The van der Waals surface area contributed by atoms with Crippen LogP contribution in [0.4, 0.5) is 0 Å². The molecule has 2 bridgehead atoms. The van der Waals surface area contributed by atoms with Crippen LogP contribution in [-0.4, -0.2) is 17.8 Å². The van der Waals surface area contributed by atoms with Gasteiger partial charge in [-0.05, 0) is 25.3 Å². The van der Waals surface area contributed by atoms with Crippen molar-refractivity contribution in [1.82, 2.24) is 0 Å². The lowest BCUT2D eigenvalue weighted by Crippen LogP contribution is -2.36. The molecule has 2 nitrogen and oxygen atoms in total. The van der Waals surface area contributed by atoms with Crippen LogP contribution in [0.1, 0.15) is 31.7 Å². The molecule has 1 aromatic carbocycles. The Kier molecular flexibility index (Phi) is 2.49. The molecule has 86 valence electrons. The van der Waals surface area contributed by atoms with Crippen molar-refractivity contribution in [3.63, 3.8) is 0 Å². The lowest BCUT2D eigenvalue weighted by molar-refractivity contribution is -0.0700. The Morgan fingerprint density at radius 2 is 2.19 bits per heavy atom. The predicted molar refractivity (Wildman–Crippen MR) is 62.1 cm³/mol. The van der Waals surface area contributed by atoms with Crippen molar-refractivity contribution in [3.05, 3.63) is 35.9 Å². The average molecular weight is 218 g/mol. The Balaban J connectivity index is 1.61. The molecule has 2 saturated heterocycles. The third-order valence-corrected chi connectivity index (χ3v) is 3.85. The summed E-state index contributed by atoms with van der Waals surface area (Å²) in [6.07, 6.45) is 4.17. The van der Waals surface area contributed by atoms with E-state index in [1.54, 1.807) is 0 Å². The number of hydrogen-bond acceptors (Lipinski definition) is 2. The molecule has 0 aromatic heterocycles. The van der Waals surface area contributed by atoms with Gasteiger partial charge in [0.2, 0.25) is 0 Å². The molecule has 2 aliphatic rings. The number of benzene rings is 1. The molecule has 0 N–H and O–H groups in total. The molecular weight excluding hydrogens is 200 g/mol. The Morgan fingerprint density at radius 1 is 1.38 bits per heavy atom. The van der Waals surface area contributed by atoms with Gasteiger partial charge >= 0.3 is 0 Å². The summed E-state index contributed by atoms with van der Waals surface area (Å²) in [5.74, 6) is 0. The SMILES string of the molecule is CC12CCC(CC1OCc1ccccc1)O2. The van der Waals surface area contributed by atoms with Crippen molar-refractivity contribution in [2.75, 3.05) is 0 Å². The zero-order chi connectivity index (χ0) is 11.0. The van der Waals surface area contributed by atoms with Crippen LogP contribution in [0.15, 0.2) is 30.3 Å². The van der Waals surface area contributed by atoms with Crippen molar-refractivity contribution in [3.8, 4) is 0 Å². The molecule has 2 heteroatoms. The summed E-state index contributed by atoms with van der Waals surface area (Å²) >= 11 is 0. The largest absolute Gasteiger partial charge is 0.370 e. The van der Waals surface area contributed by atoms with Crippen LogP contribution in [0.3, 0.4) is 0 Å². The highest BCUT2D eigenvalue weighted by Crippen LogP contribution is 2.45. The molecule has 0 saturated carbocycles. The smallest absolute Gasteiger partial charge is 0.0920 e. The second-order valence-corrected chi connectivity index (χ2v) is 5.11. The zero-order valence-corrected chi connectivity index (χ0v) is 9.69. The Hall–Kier alpha value is -0.860. The topological polar surface area (TPSA) is 18.5 Å². The van der Waals surface area contributed by atoms with E-state index in [0.717, 1.165) is 12.8 Å². The highest BCUT2D eigenvalue weighted by atomic mass is 16.6. The maximum atomic E-state index is 6.00. The molecule has 3 unspecified atom stereocenters. The lowest BCUT2D eigenvalue weighted by Gasteiger charge is -2.28. The second kappa shape index (κ2) is 3.86. The number of hydrogen-bond donors (Lipinski definition) is 0. The number of fused-ring (bicyclic) bond motifs is 2. The van der Waals surface area contributed by atoms with Gasteiger partial charge in [-0.1, -0.05) is 30.3 Å². The van der Waals surface area contributed by atoms with E-state index in [1.807, 2.05) is 6.07 Å². The Bertz CT molecular complexity index is 362. The third kappa shape index (κ3) is 1.76. The highest BCUT2D eigenvalue weighted by Gasteiger charge is 2.50. The van der Waals surface area contributed by atoms with Crippen LogP contribution in [-0.2, 0) is 16.1 Å². The average Bonchev–Trinajstić information content (AvgIpc) is 2.83. The van der Waals surface area contributed by atoms with E-state index < -0.39 is 0 Å². The first-order valence-corrected chi connectivity index (χ1v) is 6.10. The summed E-state index contributed by atoms with van der Waals surface area (Å²) in [5, 5.41) is 0. The van der Waals surface area contributed by atoms with Crippen molar-refractivity contribution in [2.45, 2.75) is 50.6 Å². The van der Waals surface area contributed by atoms with Gasteiger partial charge in [-0.3, -0.25) is 0 Å². The van der Waals surface area contributed by atoms with Crippen molar-refractivity contribution >= 4 is 0 Å². The van der Waals surface area contributed by atoms with E-state index in [2.05, 4.69) is 31.2 Å². The summed E-state index contributed by atoms with van der Waals surface area (Å²) in [6.45, 7) is 2.90. The normalized spacial score (nSPS) is 36.8. The van der Waals surface area contributed by atoms with Gasteiger partial charge in [-0.15, -0.1) is 0 Å². The van der Waals surface area contributed by atoms with Gasteiger partial charge in [0.25, 0.3) is 0 Å². The molecule has 0 aliphatic carbocycles. The van der Waals surface area contributed by atoms with E-state index in [1.165, 1.54) is 12.0 Å². The van der Waals surface area contributed by atoms with Gasteiger partial charge in [-0.25, -0.2) is 0 Å². The predicted octanol–water partition coefficient (Wildman–Crippen LogP) is 2.91. The summed E-state index contributed by atoms with van der Waals surface area (Å²) in [5.41, 5.74) is 1.23. The van der Waals surface area contributed by atoms with Crippen LogP contribution in [0.2, 0.25) is 0 Å². The van der Waals surface area contributed by atoms with E-state index in [-0.39, 0.29) is 11.7 Å². The van der Waals surface area contributed by atoms with E-state index in [4.69, 9.17) is 9.47 Å². The second-order valence-electron chi connectivity index (χ2n) is 5.11. The molecule has 0 amide bonds. The fourth-order valence-corrected chi connectivity index (χ4v) is 2.85. The number of rotatable bonds is 3. The summed E-state index contributed by atoms with van der Waals surface area (Å²) in [6, 6.07) is 10.4. The monoisotopic (exact) mass is 218 g/mol. The van der Waals surface area contributed by atoms with E-state index in [0.29, 0.717) is 12.7 Å². The molecular formula is C14H18O2. The molecule has 2 fully saturated rings. The Labute approximate surface area is 96.6 Å². The van der Waals surface area contributed by atoms with Gasteiger partial charge in [-0.2, -0.15) is 0 Å². The van der Waals surface area contributed by atoms with E-state index in [9.17, 15) is 0 Å². The minimum atomic E-state index is -0.0144. The minimum Gasteiger partial charge on any atom is -0.370 e. The van der Waals surface area contributed by atoms with Crippen LogP contribution >= 0.6 is 0 Å². The third-order valence-electron chi connectivity index (χ3n) is 3.85. The zero-order valence-electron chi connectivity index (χ0n) is 9.69. The molecule has 16 heavy (non-hydrogen) atoms. The fraction of sp³-hybridized carbons (Fsp3) is 0.571. The van der Waals surface area contributed by atoms with Gasteiger partial charge in [0.1, 0.15) is 0 Å². The summed E-state index contributed by atoms with van der Waals surface area (Å²) < 4.78 is 11.9. The molecule has 0 radical (unpaired) electrons. The van der Waals surface area contributed by atoms with Crippen molar-refractivity contribution in [2.24, 2.45) is 0 Å². The summed E-state index contributed by atoms with van der Waals surface area (Å²) in [4.78, 5) is 0. The molecule has 3 rings (SSSR count). The van der Waals surface area contributed by atoms with Crippen LogP contribution < -0.4 is 0 Å². The van der Waals surface area contributed by atoms with Gasteiger partial charge in [0, 0.05) is 6.42 Å². The minimum absolute atomic E-state index is 0.0144. The standard InChI is InChI=1S/C14H18O2/c1-14-8-7-12(16-14)9-13(14)15-10-11-5-3-2-4-6-11/h2-6,12-13H,7-10H2,1H3. The van der Waals surface area contributed by atoms with Gasteiger partial charge in [0.05, 0.1) is 24.4 Å². The molecule has 3 atom stereocenters. The number of ether oxygens (including phenoxy) is 2. The maximum absolute atomic E-state index is 6.00. The van der Waals surface area contributed by atoms with Gasteiger partial charge < -0.3 is 9.47 Å². The fourth-order valence-electron chi connectivity index (χ4n) is 2.85. The summed E-state index contributed by atoms with van der Waals surface area (Å²) in [7, 11) is 0. The van der Waals surface area contributed by atoms with Gasteiger partial charge in [0.15, 0.2) is 0 Å². The quantitative estimate of drug-likeness (QED) is 0.776. The highest BCUT2D eigenvalue weighted by molar-refractivity contribution is 5.13. The van der Waals surface area contributed by atoms with Crippen molar-refractivity contribution in [1.29, 1.82) is 0 Å². The van der Waals surface area contributed by atoms with E-state index >= 15 is 0 Å². The molecule has 1 aromatic rings. The first kappa shape index (κ1) is 10.3. The maximum Gasteiger partial charge on any atom is 0.0920 e.